The standard InChI is InChI=1S/C10H14N4O5/c15-8(16)5-6(9(17)18)14-10(19)13-2-1-7-11-3-4-12-7/h3-4,6H,1-2,5H2,(H,11,12)(H,15,16)(H,17,18)(H2,13,14,19)/t6-/m0/s1. The molecule has 5 N–H and O–H groups in total. The Labute approximate surface area is 108 Å². The molecule has 9 nitrogen and oxygen atoms in total. The zero-order valence-corrected chi connectivity index (χ0v) is 9.92. The molecule has 1 rings (SSSR count). The zero-order valence-electron chi connectivity index (χ0n) is 9.92. The first kappa shape index (κ1) is 14.5. The second-order valence-electron chi connectivity index (χ2n) is 3.67. The van der Waals surface area contributed by atoms with Gasteiger partial charge in [-0.25, -0.2) is 14.6 Å². The van der Waals surface area contributed by atoms with Gasteiger partial charge in [0, 0.05) is 25.4 Å². The average Bonchev–Trinajstić information content (AvgIpc) is 2.80. The van der Waals surface area contributed by atoms with E-state index in [-0.39, 0.29) is 6.54 Å². The first-order valence-corrected chi connectivity index (χ1v) is 5.46. The molecule has 0 bridgehead atoms. The minimum Gasteiger partial charge on any atom is -0.481 e. The molecule has 0 aromatic carbocycles. The molecule has 0 saturated carbocycles. The van der Waals surface area contributed by atoms with Gasteiger partial charge >= 0.3 is 18.0 Å². The Morgan fingerprint density at radius 3 is 2.63 bits per heavy atom. The number of carboxylic acids is 2. The minimum absolute atomic E-state index is 0.249. The van der Waals surface area contributed by atoms with E-state index in [4.69, 9.17) is 10.2 Å². The predicted octanol–water partition coefficient (Wildman–Crippen LogP) is -0.821. The number of rotatable bonds is 7. The van der Waals surface area contributed by atoms with Gasteiger partial charge in [-0.2, -0.15) is 0 Å². The number of nitrogens with one attached hydrogen (secondary N) is 3. The van der Waals surface area contributed by atoms with Gasteiger partial charge < -0.3 is 25.8 Å². The number of carbonyl (C=O) groups is 3. The highest BCUT2D eigenvalue weighted by Gasteiger charge is 2.22. The van der Waals surface area contributed by atoms with Crippen molar-refractivity contribution in [3.63, 3.8) is 0 Å². The summed E-state index contributed by atoms with van der Waals surface area (Å²) in [4.78, 5) is 39.3. The highest BCUT2D eigenvalue weighted by Crippen LogP contribution is 1.93. The smallest absolute Gasteiger partial charge is 0.326 e. The van der Waals surface area contributed by atoms with Crippen molar-refractivity contribution in [3.8, 4) is 0 Å². The van der Waals surface area contributed by atoms with E-state index >= 15 is 0 Å². The fourth-order valence-corrected chi connectivity index (χ4v) is 1.31. The van der Waals surface area contributed by atoms with Crippen LogP contribution in [0.4, 0.5) is 4.79 Å². The molecular weight excluding hydrogens is 256 g/mol. The first-order chi connectivity index (χ1) is 8.99. The molecule has 0 unspecified atom stereocenters. The molecule has 0 saturated heterocycles. The van der Waals surface area contributed by atoms with Crippen LogP contribution in [0.5, 0.6) is 0 Å². The third-order valence-electron chi connectivity index (χ3n) is 2.18. The lowest BCUT2D eigenvalue weighted by Crippen LogP contribution is -2.47. The van der Waals surface area contributed by atoms with Crippen LogP contribution in [-0.4, -0.2) is 50.7 Å². The normalized spacial score (nSPS) is 11.6. The van der Waals surface area contributed by atoms with Gasteiger partial charge in [-0.15, -0.1) is 0 Å². The van der Waals surface area contributed by atoms with Gasteiger partial charge in [0.25, 0.3) is 0 Å². The highest BCUT2D eigenvalue weighted by molar-refractivity contribution is 5.86. The van der Waals surface area contributed by atoms with Crippen molar-refractivity contribution in [2.45, 2.75) is 18.9 Å². The van der Waals surface area contributed by atoms with E-state index in [1.165, 1.54) is 0 Å². The average molecular weight is 270 g/mol. The number of H-pyrrole nitrogens is 1. The molecule has 0 fully saturated rings. The fourth-order valence-electron chi connectivity index (χ4n) is 1.31. The summed E-state index contributed by atoms with van der Waals surface area (Å²) >= 11 is 0. The van der Waals surface area contributed by atoms with Crippen molar-refractivity contribution in [2.75, 3.05) is 6.54 Å². The molecule has 0 radical (unpaired) electrons. The molecule has 1 aromatic rings. The Morgan fingerprint density at radius 1 is 1.37 bits per heavy atom. The first-order valence-electron chi connectivity index (χ1n) is 5.46. The van der Waals surface area contributed by atoms with E-state index < -0.39 is 30.4 Å². The van der Waals surface area contributed by atoms with Crippen LogP contribution < -0.4 is 10.6 Å². The number of imidazole rings is 1. The van der Waals surface area contributed by atoms with E-state index in [0.717, 1.165) is 0 Å². The molecule has 1 aromatic heterocycles. The maximum Gasteiger partial charge on any atom is 0.326 e. The van der Waals surface area contributed by atoms with E-state index in [2.05, 4.69) is 20.6 Å². The van der Waals surface area contributed by atoms with Crippen LogP contribution in [0.1, 0.15) is 12.2 Å². The summed E-state index contributed by atoms with van der Waals surface area (Å²) in [5, 5.41) is 21.7. The topological polar surface area (TPSA) is 144 Å². The number of amides is 2. The second-order valence-corrected chi connectivity index (χ2v) is 3.67. The molecule has 9 heteroatoms. The van der Waals surface area contributed by atoms with E-state index in [0.29, 0.717) is 12.2 Å². The quantitative estimate of drug-likeness (QED) is 0.437. The van der Waals surface area contributed by atoms with Crippen molar-refractivity contribution in [3.05, 3.63) is 18.2 Å². The number of aromatic nitrogens is 2. The van der Waals surface area contributed by atoms with Gasteiger partial charge in [-0.3, -0.25) is 4.79 Å². The van der Waals surface area contributed by atoms with Crippen LogP contribution in [0, 0.1) is 0 Å². The molecule has 1 heterocycles. The maximum atomic E-state index is 11.4. The molecule has 19 heavy (non-hydrogen) atoms. The zero-order chi connectivity index (χ0) is 14.3. The Hall–Kier alpha value is -2.58. The van der Waals surface area contributed by atoms with Crippen LogP contribution >= 0.6 is 0 Å². The lowest BCUT2D eigenvalue weighted by molar-refractivity contribution is -0.145. The van der Waals surface area contributed by atoms with Crippen molar-refractivity contribution in [1.29, 1.82) is 0 Å². The van der Waals surface area contributed by atoms with Crippen LogP contribution in [0.3, 0.4) is 0 Å². The number of aromatic amines is 1. The van der Waals surface area contributed by atoms with Gasteiger partial charge in [-0.05, 0) is 0 Å². The minimum atomic E-state index is -1.46. The number of carboxylic acid groups (broad SMARTS) is 2. The maximum absolute atomic E-state index is 11.4. The van der Waals surface area contributed by atoms with E-state index in [1.807, 2.05) is 0 Å². The lowest BCUT2D eigenvalue weighted by atomic mass is 10.2. The van der Waals surface area contributed by atoms with Gasteiger partial charge in [0.05, 0.1) is 6.42 Å². The molecule has 104 valence electrons. The number of aliphatic carboxylic acids is 2. The Balaban J connectivity index is 2.32. The van der Waals surface area contributed by atoms with Crippen molar-refractivity contribution < 1.29 is 24.6 Å². The van der Waals surface area contributed by atoms with E-state index in [1.54, 1.807) is 12.4 Å². The summed E-state index contributed by atoms with van der Waals surface area (Å²) in [6.45, 7) is 0.249. The molecule has 0 spiro atoms. The number of urea groups is 1. The Kier molecular flexibility index (Phi) is 5.33. The predicted molar refractivity (Wildman–Crippen MR) is 62.5 cm³/mol. The van der Waals surface area contributed by atoms with Gasteiger partial charge in [0.2, 0.25) is 0 Å². The molecule has 0 aliphatic carbocycles. The van der Waals surface area contributed by atoms with Crippen molar-refractivity contribution in [1.82, 2.24) is 20.6 Å². The van der Waals surface area contributed by atoms with E-state index in [9.17, 15) is 14.4 Å². The van der Waals surface area contributed by atoms with Gasteiger partial charge in [-0.1, -0.05) is 0 Å². The monoisotopic (exact) mass is 270 g/mol. The SMILES string of the molecule is O=C(O)C[C@H](NC(=O)NCCc1ncc[nH]1)C(=O)O. The fraction of sp³-hybridized carbons (Fsp3) is 0.400. The molecule has 0 aliphatic heterocycles. The van der Waals surface area contributed by atoms with Gasteiger partial charge in [0.1, 0.15) is 11.9 Å². The van der Waals surface area contributed by atoms with Gasteiger partial charge in [0.15, 0.2) is 0 Å². The van der Waals surface area contributed by atoms with Crippen LogP contribution in [0.2, 0.25) is 0 Å². The van der Waals surface area contributed by atoms with Crippen LogP contribution in [0.15, 0.2) is 12.4 Å². The van der Waals surface area contributed by atoms with Crippen LogP contribution in [0.25, 0.3) is 0 Å². The summed E-state index contributed by atoms with van der Waals surface area (Å²) in [5.41, 5.74) is 0. The summed E-state index contributed by atoms with van der Waals surface area (Å²) in [7, 11) is 0. The molecule has 0 aliphatic rings. The number of hydrogen-bond acceptors (Lipinski definition) is 4. The number of hydrogen-bond donors (Lipinski definition) is 5. The summed E-state index contributed by atoms with van der Waals surface area (Å²) in [5.74, 6) is -2.02. The van der Waals surface area contributed by atoms with Crippen molar-refractivity contribution in [2.24, 2.45) is 0 Å². The van der Waals surface area contributed by atoms with Crippen molar-refractivity contribution >= 4 is 18.0 Å². The van der Waals surface area contributed by atoms with Crippen LogP contribution in [-0.2, 0) is 16.0 Å². The largest absolute Gasteiger partial charge is 0.481 e. The summed E-state index contributed by atoms with van der Waals surface area (Å²) < 4.78 is 0. The molecule has 1 atom stereocenters. The highest BCUT2D eigenvalue weighted by atomic mass is 16.4. The third kappa shape index (κ3) is 5.52. The number of nitrogens with zero attached hydrogens (tertiary/aromatic N) is 1. The lowest BCUT2D eigenvalue weighted by Gasteiger charge is -2.12. The third-order valence-corrected chi connectivity index (χ3v) is 2.18. The second kappa shape index (κ2) is 6.99. The molecular formula is C10H14N4O5. The Bertz CT molecular complexity index is 445. The molecule has 2 amide bonds. The Morgan fingerprint density at radius 2 is 2.11 bits per heavy atom. The summed E-state index contributed by atoms with van der Waals surface area (Å²) in [6, 6.07) is -2.19. The number of carbonyl (C=O) groups excluding carboxylic acids is 1. The summed E-state index contributed by atoms with van der Waals surface area (Å²) in [6.07, 6.45) is 2.99.